The topological polar surface area (TPSA) is 49.1 Å². The predicted molar refractivity (Wildman–Crippen MR) is 127 cm³/mol. The van der Waals surface area contributed by atoms with E-state index in [4.69, 9.17) is 10.00 Å². The third-order valence-electron chi connectivity index (χ3n) is 6.05. The fraction of sp³-hybridized carbons (Fsp3) is 0.385. The molecule has 158 valence electrons. The molecule has 1 aliphatic carbocycles. The molecule has 0 radical (unpaired) electrons. The lowest BCUT2D eigenvalue weighted by molar-refractivity contribution is 0.141. The van der Waals surface area contributed by atoms with Gasteiger partial charge in [0.05, 0.1) is 6.07 Å². The van der Waals surface area contributed by atoms with E-state index >= 15 is 0 Å². The molecule has 1 aromatic heterocycles. The second-order valence-corrected chi connectivity index (χ2v) is 9.87. The number of piperidine rings is 1. The zero-order valence-corrected chi connectivity index (χ0v) is 18.5. The highest BCUT2D eigenvalue weighted by Crippen LogP contribution is 2.38. The van der Waals surface area contributed by atoms with Crippen LogP contribution in [0.15, 0.2) is 54.9 Å². The van der Waals surface area contributed by atoms with Crippen molar-refractivity contribution in [1.29, 1.82) is 5.26 Å². The monoisotopic (exact) mass is 429 g/mol. The van der Waals surface area contributed by atoms with Crippen molar-refractivity contribution in [2.45, 2.75) is 49.9 Å². The Morgan fingerprint density at radius 1 is 1.03 bits per heavy atom. The first kappa shape index (κ1) is 20.4. The van der Waals surface area contributed by atoms with Gasteiger partial charge in [-0.25, -0.2) is 0 Å². The molecule has 1 saturated carbocycles. The van der Waals surface area contributed by atoms with Gasteiger partial charge >= 0.3 is 0 Å². The molecule has 2 aliphatic rings. The number of ether oxygens (including phenoxy) is 1. The molecule has 0 amide bonds. The fourth-order valence-corrected chi connectivity index (χ4v) is 5.30. The second-order valence-electron chi connectivity index (χ2n) is 8.48. The number of rotatable bonds is 7. The first-order valence-electron chi connectivity index (χ1n) is 11.2. The van der Waals surface area contributed by atoms with Crippen LogP contribution in [0.4, 0.5) is 0 Å². The van der Waals surface area contributed by atoms with Crippen LogP contribution in [0.5, 0.6) is 5.75 Å². The Balaban J connectivity index is 1.35. The highest BCUT2D eigenvalue weighted by Gasteiger charge is 2.28. The number of hydrogen-bond acceptors (Lipinski definition) is 5. The van der Waals surface area contributed by atoms with E-state index in [2.05, 4.69) is 69.8 Å². The maximum Gasteiger partial charge on any atom is 0.129 e. The van der Waals surface area contributed by atoms with E-state index in [9.17, 15) is 0 Å². The van der Waals surface area contributed by atoms with Gasteiger partial charge in [0.15, 0.2) is 0 Å². The van der Waals surface area contributed by atoms with Crippen molar-refractivity contribution in [3.63, 3.8) is 0 Å². The van der Waals surface area contributed by atoms with Gasteiger partial charge in [0.1, 0.15) is 11.9 Å². The summed E-state index contributed by atoms with van der Waals surface area (Å²) in [7, 11) is 0. The molecule has 5 rings (SSSR count). The fourth-order valence-electron chi connectivity index (χ4n) is 4.11. The number of fused-ring (bicyclic) bond motifs is 1. The summed E-state index contributed by atoms with van der Waals surface area (Å²) in [6, 6.07) is 17.2. The molecule has 1 aliphatic heterocycles. The summed E-state index contributed by atoms with van der Waals surface area (Å²) in [6.45, 7) is 2.21. The normalized spacial score (nSPS) is 17.5. The molecule has 2 heterocycles. The van der Waals surface area contributed by atoms with Crippen molar-refractivity contribution in [2.24, 2.45) is 0 Å². The number of aromatic nitrogens is 1. The quantitative estimate of drug-likeness (QED) is 0.430. The van der Waals surface area contributed by atoms with Gasteiger partial charge in [0.25, 0.3) is 0 Å². The van der Waals surface area contributed by atoms with Gasteiger partial charge in [-0.1, -0.05) is 36.2 Å². The maximum atomic E-state index is 8.81. The number of nitrogens with zero attached hydrogens (tertiary/aromatic N) is 3. The molecule has 5 heteroatoms. The van der Waals surface area contributed by atoms with Crippen molar-refractivity contribution in [3.05, 3.63) is 60.4 Å². The van der Waals surface area contributed by atoms with E-state index in [-0.39, 0.29) is 6.10 Å². The van der Waals surface area contributed by atoms with Crippen molar-refractivity contribution < 1.29 is 4.74 Å². The number of nitriles is 1. The van der Waals surface area contributed by atoms with Crippen molar-refractivity contribution >= 4 is 22.7 Å². The maximum absolute atomic E-state index is 8.81. The average Bonchev–Trinajstić information content (AvgIpc) is 3.63. The lowest BCUT2D eigenvalue weighted by atomic mass is 9.99. The van der Waals surface area contributed by atoms with Crippen LogP contribution in [-0.2, 0) is 6.42 Å². The van der Waals surface area contributed by atoms with Gasteiger partial charge in [-0.15, -0.1) is 0 Å². The van der Waals surface area contributed by atoms with Crippen LogP contribution < -0.4 is 4.74 Å². The van der Waals surface area contributed by atoms with Gasteiger partial charge in [-0.3, -0.25) is 9.29 Å². The Hall–Kier alpha value is -2.55. The Morgan fingerprint density at radius 3 is 2.58 bits per heavy atom. The molecule has 3 aromatic rings. The highest BCUT2D eigenvalue weighted by molar-refractivity contribution is 7.97. The first-order chi connectivity index (χ1) is 15.3. The summed E-state index contributed by atoms with van der Waals surface area (Å²) >= 11 is 2.05. The molecule has 2 fully saturated rings. The summed E-state index contributed by atoms with van der Waals surface area (Å²) < 4.78 is 9.09. The molecule has 0 atom stereocenters. The molecule has 1 saturated heterocycles. The minimum atomic E-state index is 0.253. The van der Waals surface area contributed by atoms with Crippen LogP contribution in [0.2, 0.25) is 0 Å². The Labute approximate surface area is 188 Å². The second kappa shape index (κ2) is 9.30. The smallest absolute Gasteiger partial charge is 0.129 e. The number of benzene rings is 2. The third kappa shape index (κ3) is 5.03. The molecule has 4 nitrogen and oxygen atoms in total. The molecular weight excluding hydrogens is 402 g/mol. The van der Waals surface area contributed by atoms with Crippen molar-refractivity contribution in [1.82, 2.24) is 9.29 Å². The van der Waals surface area contributed by atoms with Crippen LogP contribution in [0.25, 0.3) is 21.9 Å². The van der Waals surface area contributed by atoms with Crippen LogP contribution >= 0.6 is 11.9 Å². The predicted octanol–water partition coefficient (Wildman–Crippen LogP) is 6.01. The van der Waals surface area contributed by atoms with Crippen LogP contribution in [0.3, 0.4) is 0 Å². The number of aryl methyl sites for hydroxylation is 1. The SMILES string of the molecule is N#CCCc1ccc(-c2cc(OC3CCN(SC4CC4)CC3)c3cnccc3c2)cc1. The first-order valence-corrected chi connectivity index (χ1v) is 12.0. The summed E-state index contributed by atoms with van der Waals surface area (Å²) in [5, 5.41) is 11.9. The van der Waals surface area contributed by atoms with E-state index in [1.807, 2.05) is 12.4 Å². The molecule has 2 aromatic carbocycles. The van der Waals surface area contributed by atoms with Gasteiger partial charge < -0.3 is 4.74 Å². The van der Waals surface area contributed by atoms with Crippen molar-refractivity contribution in [2.75, 3.05) is 13.1 Å². The summed E-state index contributed by atoms with van der Waals surface area (Å²) in [6.07, 6.45) is 10.3. The van der Waals surface area contributed by atoms with Gasteiger partial charge in [-0.05, 0) is 72.4 Å². The molecule has 0 spiro atoms. The zero-order chi connectivity index (χ0) is 21.0. The summed E-state index contributed by atoms with van der Waals surface area (Å²) in [4.78, 5) is 4.34. The van der Waals surface area contributed by atoms with Crippen LogP contribution in [0, 0.1) is 11.3 Å². The van der Waals surface area contributed by atoms with E-state index in [0.29, 0.717) is 6.42 Å². The summed E-state index contributed by atoms with van der Waals surface area (Å²) in [5.41, 5.74) is 3.52. The standard InChI is InChI=1S/C26H27N3OS/c27-12-1-2-19-3-5-20(6-4-19)22-16-21-9-13-28-18-25(21)26(17-22)30-23-10-14-29(15-11-23)31-24-7-8-24/h3-6,9,13,16-18,23-24H,1-2,7-8,10-11,14-15H2. The zero-order valence-electron chi connectivity index (χ0n) is 17.7. The van der Waals surface area contributed by atoms with Gasteiger partial charge in [-0.2, -0.15) is 5.26 Å². The third-order valence-corrected chi connectivity index (χ3v) is 7.48. The minimum absolute atomic E-state index is 0.253. The molecule has 0 N–H and O–H groups in total. The van der Waals surface area contributed by atoms with Crippen LogP contribution in [-0.4, -0.2) is 33.7 Å². The number of hydrogen-bond donors (Lipinski definition) is 0. The molecule has 31 heavy (non-hydrogen) atoms. The highest BCUT2D eigenvalue weighted by atomic mass is 32.2. The average molecular weight is 430 g/mol. The lowest BCUT2D eigenvalue weighted by Gasteiger charge is -2.31. The Morgan fingerprint density at radius 2 is 1.84 bits per heavy atom. The largest absolute Gasteiger partial charge is 0.490 e. The summed E-state index contributed by atoms with van der Waals surface area (Å²) in [5.74, 6) is 0.933. The molecule has 0 unspecified atom stereocenters. The Bertz CT molecular complexity index is 1080. The van der Waals surface area contributed by atoms with Crippen molar-refractivity contribution in [3.8, 4) is 22.9 Å². The van der Waals surface area contributed by atoms with E-state index in [0.717, 1.165) is 59.7 Å². The van der Waals surface area contributed by atoms with Crippen LogP contribution in [0.1, 0.15) is 37.7 Å². The van der Waals surface area contributed by atoms with E-state index < -0.39 is 0 Å². The van der Waals surface area contributed by atoms with E-state index in [1.54, 1.807) is 0 Å². The molecule has 0 bridgehead atoms. The lowest BCUT2D eigenvalue weighted by Crippen LogP contribution is -2.34. The van der Waals surface area contributed by atoms with Gasteiger partial charge in [0, 0.05) is 42.5 Å². The number of pyridine rings is 1. The minimum Gasteiger partial charge on any atom is -0.490 e. The van der Waals surface area contributed by atoms with E-state index in [1.165, 1.54) is 24.0 Å². The van der Waals surface area contributed by atoms with Gasteiger partial charge in [0.2, 0.25) is 0 Å². The molecular formula is C26H27N3OS. The Kier molecular flexibility index (Phi) is 6.11.